The number of halogens is 1. The maximum Gasteiger partial charge on any atom is 0.147 e. The van der Waals surface area contributed by atoms with E-state index in [2.05, 4.69) is 37.6 Å². The van der Waals surface area contributed by atoms with E-state index in [1.807, 2.05) is 18.2 Å². The smallest absolute Gasteiger partial charge is 0.147 e. The van der Waals surface area contributed by atoms with Gasteiger partial charge in [-0.2, -0.15) is 0 Å². The zero-order chi connectivity index (χ0) is 18.1. The maximum atomic E-state index is 6.34. The molecule has 1 saturated heterocycles. The van der Waals surface area contributed by atoms with Crippen molar-refractivity contribution in [3.8, 4) is 0 Å². The maximum absolute atomic E-state index is 6.34. The lowest BCUT2D eigenvalue weighted by Crippen LogP contribution is -2.46. The second-order valence-corrected chi connectivity index (χ2v) is 7.77. The molecule has 4 rings (SSSR count). The first-order chi connectivity index (χ1) is 12.7. The van der Waals surface area contributed by atoms with E-state index in [9.17, 15) is 0 Å². The van der Waals surface area contributed by atoms with Crippen molar-refractivity contribution in [1.29, 1.82) is 0 Å². The van der Waals surface area contributed by atoms with Gasteiger partial charge in [-0.05, 0) is 31.9 Å². The Labute approximate surface area is 159 Å². The SMILES string of the molecule is CCn1c(CN2CCN(c3ccccc3Cl)CC2)nnc1C1CC(N)C1. The van der Waals surface area contributed by atoms with Crippen LogP contribution in [0, 0.1) is 0 Å². The van der Waals surface area contributed by atoms with Gasteiger partial charge < -0.3 is 15.2 Å². The molecule has 0 amide bonds. The number of para-hydroxylation sites is 1. The predicted molar refractivity (Wildman–Crippen MR) is 105 cm³/mol. The molecule has 1 saturated carbocycles. The Balaban J connectivity index is 1.38. The van der Waals surface area contributed by atoms with Crippen LogP contribution in [0.3, 0.4) is 0 Å². The minimum Gasteiger partial charge on any atom is -0.368 e. The number of aromatic nitrogens is 3. The van der Waals surface area contributed by atoms with E-state index in [1.165, 1.54) is 0 Å². The van der Waals surface area contributed by atoms with Crippen LogP contribution in [-0.2, 0) is 13.1 Å². The number of rotatable bonds is 5. The van der Waals surface area contributed by atoms with Crippen molar-refractivity contribution in [3.05, 3.63) is 40.9 Å². The molecule has 2 heterocycles. The molecule has 6 nitrogen and oxygen atoms in total. The summed E-state index contributed by atoms with van der Waals surface area (Å²) in [5.41, 5.74) is 7.08. The Morgan fingerprint density at radius 2 is 1.85 bits per heavy atom. The summed E-state index contributed by atoms with van der Waals surface area (Å²) >= 11 is 6.34. The highest BCUT2D eigenvalue weighted by Gasteiger charge is 2.32. The fraction of sp³-hybridized carbons (Fsp3) is 0.579. The van der Waals surface area contributed by atoms with Gasteiger partial charge in [-0.15, -0.1) is 10.2 Å². The van der Waals surface area contributed by atoms with E-state index in [1.54, 1.807) is 0 Å². The third kappa shape index (κ3) is 3.46. The topological polar surface area (TPSA) is 63.2 Å². The van der Waals surface area contributed by atoms with Gasteiger partial charge in [0.15, 0.2) is 0 Å². The van der Waals surface area contributed by atoms with Gasteiger partial charge in [0.05, 0.1) is 17.3 Å². The summed E-state index contributed by atoms with van der Waals surface area (Å²) in [6, 6.07) is 8.42. The van der Waals surface area contributed by atoms with Crippen LogP contribution in [0.15, 0.2) is 24.3 Å². The summed E-state index contributed by atoms with van der Waals surface area (Å²) in [6.07, 6.45) is 2.07. The highest BCUT2D eigenvalue weighted by molar-refractivity contribution is 6.33. The average Bonchev–Trinajstić information content (AvgIpc) is 3.02. The van der Waals surface area contributed by atoms with Gasteiger partial charge in [0.1, 0.15) is 11.6 Å². The van der Waals surface area contributed by atoms with Crippen LogP contribution < -0.4 is 10.6 Å². The molecule has 1 aromatic carbocycles. The van der Waals surface area contributed by atoms with Gasteiger partial charge >= 0.3 is 0 Å². The first kappa shape index (κ1) is 17.8. The molecule has 2 fully saturated rings. The van der Waals surface area contributed by atoms with Gasteiger partial charge in [0, 0.05) is 44.7 Å². The molecule has 1 aliphatic carbocycles. The number of anilines is 1. The lowest BCUT2D eigenvalue weighted by molar-refractivity contribution is 0.239. The van der Waals surface area contributed by atoms with Gasteiger partial charge in [0.25, 0.3) is 0 Å². The molecular weight excluding hydrogens is 348 g/mol. The summed E-state index contributed by atoms with van der Waals surface area (Å²) in [4.78, 5) is 4.82. The van der Waals surface area contributed by atoms with Crippen molar-refractivity contribution in [2.75, 3.05) is 31.1 Å². The third-order valence-corrected chi connectivity index (χ3v) is 5.96. The molecule has 7 heteroatoms. The van der Waals surface area contributed by atoms with Crippen LogP contribution >= 0.6 is 11.6 Å². The predicted octanol–water partition coefficient (Wildman–Crippen LogP) is 2.48. The Hall–Kier alpha value is -1.63. The molecule has 140 valence electrons. The zero-order valence-corrected chi connectivity index (χ0v) is 16.1. The fourth-order valence-electron chi connectivity index (χ4n) is 4.04. The first-order valence-corrected chi connectivity index (χ1v) is 9.93. The molecule has 1 aromatic heterocycles. The summed E-state index contributed by atoms with van der Waals surface area (Å²) < 4.78 is 2.29. The number of piperazine rings is 1. The molecule has 26 heavy (non-hydrogen) atoms. The molecule has 0 atom stereocenters. The second-order valence-electron chi connectivity index (χ2n) is 7.36. The molecule has 2 aromatic rings. The molecule has 2 N–H and O–H groups in total. The fourth-order valence-corrected chi connectivity index (χ4v) is 4.30. The largest absolute Gasteiger partial charge is 0.368 e. The molecule has 0 spiro atoms. The summed E-state index contributed by atoms with van der Waals surface area (Å²) in [5.74, 6) is 2.69. The lowest BCUT2D eigenvalue weighted by Gasteiger charge is -2.36. The summed E-state index contributed by atoms with van der Waals surface area (Å²) in [7, 11) is 0. The molecule has 0 unspecified atom stereocenters. The molecule has 0 radical (unpaired) electrons. The highest BCUT2D eigenvalue weighted by Crippen LogP contribution is 2.35. The highest BCUT2D eigenvalue weighted by atomic mass is 35.5. The van der Waals surface area contributed by atoms with E-state index >= 15 is 0 Å². The normalized spacial score (nSPS) is 23.9. The number of hydrogen-bond donors (Lipinski definition) is 1. The second kappa shape index (κ2) is 7.55. The van der Waals surface area contributed by atoms with Crippen LogP contribution in [0.4, 0.5) is 5.69 Å². The standard InChI is InChI=1S/C19H27ClN6/c1-2-26-18(22-23-19(26)14-11-15(21)12-14)13-24-7-9-25(10-8-24)17-6-4-3-5-16(17)20/h3-6,14-15H,2,7-13,21H2,1H3. The first-order valence-electron chi connectivity index (χ1n) is 9.55. The minimum absolute atomic E-state index is 0.336. The van der Waals surface area contributed by atoms with E-state index in [0.717, 1.165) is 74.5 Å². The quantitative estimate of drug-likeness (QED) is 0.871. The molecule has 0 bridgehead atoms. The van der Waals surface area contributed by atoms with Crippen molar-refractivity contribution in [3.63, 3.8) is 0 Å². The Morgan fingerprint density at radius 1 is 1.12 bits per heavy atom. The third-order valence-electron chi connectivity index (χ3n) is 5.64. The van der Waals surface area contributed by atoms with Crippen molar-refractivity contribution in [2.45, 2.75) is 44.8 Å². The molecule has 1 aliphatic heterocycles. The minimum atomic E-state index is 0.336. The van der Waals surface area contributed by atoms with Crippen molar-refractivity contribution < 1.29 is 0 Å². The van der Waals surface area contributed by atoms with Crippen molar-refractivity contribution >= 4 is 17.3 Å². The summed E-state index contributed by atoms with van der Waals surface area (Å²) in [5, 5.41) is 9.81. The Morgan fingerprint density at radius 3 is 2.50 bits per heavy atom. The number of hydrogen-bond acceptors (Lipinski definition) is 5. The van der Waals surface area contributed by atoms with E-state index < -0.39 is 0 Å². The number of nitrogens with two attached hydrogens (primary N) is 1. The van der Waals surface area contributed by atoms with Crippen LogP contribution in [0.5, 0.6) is 0 Å². The average molecular weight is 375 g/mol. The van der Waals surface area contributed by atoms with Crippen LogP contribution in [0.25, 0.3) is 0 Å². The van der Waals surface area contributed by atoms with E-state index in [4.69, 9.17) is 17.3 Å². The zero-order valence-electron chi connectivity index (χ0n) is 15.3. The Kier molecular flexibility index (Phi) is 5.16. The van der Waals surface area contributed by atoms with Crippen LogP contribution in [-0.4, -0.2) is 51.9 Å². The number of benzene rings is 1. The van der Waals surface area contributed by atoms with Crippen LogP contribution in [0.2, 0.25) is 5.02 Å². The lowest BCUT2D eigenvalue weighted by atomic mass is 9.80. The van der Waals surface area contributed by atoms with Gasteiger partial charge in [0.2, 0.25) is 0 Å². The Bertz CT molecular complexity index is 746. The van der Waals surface area contributed by atoms with Crippen molar-refractivity contribution in [2.24, 2.45) is 5.73 Å². The number of nitrogens with zero attached hydrogens (tertiary/aromatic N) is 5. The molecular formula is C19H27ClN6. The van der Waals surface area contributed by atoms with Gasteiger partial charge in [-0.1, -0.05) is 23.7 Å². The van der Waals surface area contributed by atoms with Gasteiger partial charge in [-0.25, -0.2) is 0 Å². The van der Waals surface area contributed by atoms with Crippen molar-refractivity contribution in [1.82, 2.24) is 19.7 Å². The monoisotopic (exact) mass is 374 g/mol. The van der Waals surface area contributed by atoms with Gasteiger partial charge in [-0.3, -0.25) is 4.90 Å². The summed E-state index contributed by atoms with van der Waals surface area (Å²) in [6.45, 7) is 7.92. The van der Waals surface area contributed by atoms with Crippen LogP contribution in [0.1, 0.15) is 37.3 Å². The molecule has 2 aliphatic rings. The van der Waals surface area contributed by atoms with E-state index in [0.29, 0.717) is 12.0 Å². The van der Waals surface area contributed by atoms with E-state index in [-0.39, 0.29) is 0 Å².